The van der Waals surface area contributed by atoms with Crippen LogP contribution in [0.25, 0.3) is 0 Å². The van der Waals surface area contributed by atoms with Gasteiger partial charge in [0.15, 0.2) is 0 Å². The molecule has 1 aromatic carbocycles. The zero-order chi connectivity index (χ0) is 15.5. The lowest BCUT2D eigenvalue weighted by Crippen LogP contribution is -2.39. The van der Waals surface area contributed by atoms with Gasteiger partial charge in [-0.1, -0.05) is 50.6 Å². The Bertz CT molecular complexity index is 435. The quantitative estimate of drug-likeness (QED) is 0.823. The van der Waals surface area contributed by atoms with Crippen molar-refractivity contribution in [2.45, 2.75) is 65.8 Å². The van der Waals surface area contributed by atoms with Crippen molar-refractivity contribution in [3.63, 3.8) is 0 Å². The van der Waals surface area contributed by atoms with Crippen molar-refractivity contribution in [2.24, 2.45) is 17.3 Å². The average molecular weight is 287 g/mol. The first-order chi connectivity index (χ1) is 9.90. The Balaban J connectivity index is 1.94. The Morgan fingerprint density at radius 1 is 1.14 bits per heavy atom. The van der Waals surface area contributed by atoms with Crippen LogP contribution in [0.4, 0.5) is 0 Å². The van der Waals surface area contributed by atoms with Crippen LogP contribution in [0.15, 0.2) is 24.3 Å². The molecule has 0 saturated heterocycles. The summed E-state index contributed by atoms with van der Waals surface area (Å²) in [5.74, 6) is 1.75. The highest BCUT2D eigenvalue weighted by Gasteiger charge is 2.32. The number of likely N-dealkylation sites (N-methyl/N-ethyl adjacent to an activating group) is 1. The summed E-state index contributed by atoms with van der Waals surface area (Å²) in [7, 11) is 2.14. The lowest BCUT2D eigenvalue weighted by atomic mass is 9.68. The number of aryl methyl sites for hydroxylation is 1. The molecule has 1 aromatic rings. The predicted octanol–water partition coefficient (Wildman–Crippen LogP) is 4.98. The summed E-state index contributed by atoms with van der Waals surface area (Å²) in [5, 5.41) is 3.59. The molecule has 1 atom stereocenters. The van der Waals surface area contributed by atoms with Crippen molar-refractivity contribution in [1.29, 1.82) is 0 Å². The lowest BCUT2D eigenvalue weighted by molar-refractivity contribution is 0.134. The minimum Gasteiger partial charge on any atom is -0.316 e. The fourth-order valence-electron chi connectivity index (χ4n) is 3.99. The molecule has 0 radical (unpaired) electrons. The molecule has 0 spiro atoms. The van der Waals surface area contributed by atoms with Gasteiger partial charge in [-0.05, 0) is 68.9 Å². The van der Waals surface area contributed by atoms with Gasteiger partial charge in [0.1, 0.15) is 0 Å². The molecule has 2 rings (SSSR count). The zero-order valence-electron chi connectivity index (χ0n) is 14.6. The van der Waals surface area contributed by atoms with E-state index >= 15 is 0 Å². The molecule has 0 aromatic heterocycles. The van der Waals surface area contributed by atoms with E-state index in [9.17, 15) is 0 Å². The molecule has 21 heavy (non-hydrogen) atoms. The van der Waals surface area contributed by atoms with Crippen LogP contribution in [0, 0.1) is 24.2 Å². The molecule has 118 valence electrons. The summed E-state index contributed by atoms with van der Waals surface area (Å²) < 4.78 is 0. The van der Waals surface area contributed by atoms with E-state index in [0.717, 1.165) is 11.8 Å². The van der Waals surface area contributed by atoms with Crippen LogP contribution in [-0.4, -0.2) is 13.1 Å². The highest BCUT2D eigenvalue weighted by atomic mass is 14.9. The molecule has 0 aliphatic heterocycles. The highest BCUT2D eigenvalue weighted by Crippen LogP contribution is 2.41. The van der Waals surface area contributed by atoms with E-state index in [0.29, 0.717) is 11.5 Å². The molecule has 1 aliphatic rings. The largest absolute Gasteiger partial charge is 0.316 e. The second-order valence-corrected chi connectivity index (χ2v) is 8.07. The van der Waals surface area contributed by atoms with E-state index in [2.05, 4.69) is 64.3 Å². The van der Waals surface area contributed by atoms with Crippen LogP contribution >= 0.6 is 0 Å². The summed E-state index contributed by atoms with van der Waals surface area (Å²) in [4.78, 5) is 0. The van der Waals surface area contributed by atoms with Crippen LogP contribution in [0.5, 0.6) is 0 Å². The molecule has 0 heterocycles. The molecular formula is C20H33N. The van der Waals surface area contributed by atoms with Gasteiger partial charge in [-0.2, -0.15) is 0 Å². The second kappa shape index (κ2) is 6.96. The van der Waals surface area contributed by atoms with E-state index in [1.54, 1.807) is 0 Å². The fourth-order valence-corrected chi connectivity index (χ4v) is 3.99. The number of rotatable bonds is 4. The molecule has 0 bridgehead atoms. The lowest BCUT2D eigenvalue weighted by Gasteiger charge is -2.39. The summed E-state index contributed by atoms with van der Waals surface area (Å²) in [5.41, 5.74) is 3.34. The number of hydrogen-bond donors (Lipinski definition) is 1. The normalized spacial score (nSPS) is 24.8. The Labute approximate surface area is 131 Å². The van der Waals surface area contributed by atoms with Crippen LogP contribution in [0.3, 0.4) is 0 Å². The van der Waals surface area contributed by atoms with Crippen LogP contribution in [0.1, 0.15) is 57.6 Å². The van der Waals surface area contributed by atoms with Crippen molar-refractivity contribution < 1.29 is 0 Å². The van der Waals surface area contributed by atoms with Crippen molar-refractivity contribution in [3.8, 4) is 0 Å². The Morgan fingerprint density at radius 2 is 1.81 bits per heavy atom. The van der Waals surface area contributed by atoms with Gasteiger partial charge < -0.3 is 5.32 Å². The van der Waals surface area contributed by atoms with Crippen LogP contribution < -0.4 is 5.32 Å². The van der Waals surface area contributed by atoms with Gasteiger partial charge >= 0.3 is 0 Å². The van der Waals surface area contributed by atoms with E-state index < -0.39 is 0 Å². The molecule has 1 heteroatoms. The third kappa shape index (κ3) is 4.57. The first-order valence-corrected chi connectivity index (χ1v) is 8.63. The van der Waals surface area contributed by atoms with Crippen molar-refractivity contribution in [1.82, 2.24) is 5.32 Å². The maximum atomic E-state index is 3.59. The summed E-state index contributed by atoms with van der Waals surface area (Å²) >= 11 is 0. The smallest absolute Gasteiger partial charge is 0.0133 e. The molecule has 1 saturated carbocycles. The standard InChI is InChI=1S/C20H33N/c1-15-7-6-8-16(13-15)14-19(21-5)17-9-11-18(12-10-17)20(2,3)4/h6-8,13,17-19,21H,9-12,14H2,1-5H3. The molecule has 1 N–H and O–H groups in total. The van der Waals surface area contributed by atoms with Crippen molar-refractivity contribution in [2.75, 3.05) is 7.05 Å². The highest BCUT2D eigenvalue weighted by molar-refractivity contribution is 5.23. The topological polar surface area (TPSA) is 12.0 Å². The van der Waals surface area contributed by atoms with Gasteiger partial charge in [0.25, 0.3) is 0 Å². The Kier molecular flexibility index (Phi) is 5.48. The SMILES string of the molecule is CNC(Cc1cccc(C)c1)C1CCC(C(C)(C)C)CC1. The van der Waals surface area contributed by atoms with Crippen LogP contribution in [-0.2, 0) is 6.42 Å². The third-order valence-corrected chi connectivity index (χ3v) is 5.47. The molecule has 0 amide bonds. The maximum absolute atomic E-state index is 3.59. The number of nitrogens with one attached hydrogen (secondary N) is 1. The minimum atomic E-state index is 0.483. The minimum absolute atomic E-state index is 0.483. The maximum Gasteiger partial charge on any atom is 0.0133 e. The predicted molar refractivity (Wildman–Crippen MR) is 92.6 cm³/mol. The van der Waals surface area contributed by atoms with Crippen molar-refractivity contribution in [3.05, 3.63) is 35.4 Å². The zero-order valence-corrected chi connectivity index (χ0v) is 14.6. The van der Waals surface area contributed by atoms with Gasteiger partial charge in [0.2, 0.25) is 0 Å². The Hall–Kier alpha value is -0.820. The Morgan fingerprint density at radius 3 is 2.33 bits per heavy atom. The summed E-state index contributed by atoms with van der Waals surface area (Å²) in [6, 6.07) is 9.62. The molecule has 1 nitrogen and oxygen atoms in total. The van der Waals surface area contributed by atoms with Crippen molar-refractivity contribution >= 4 is 0 Å². The average Bonchev–Trinajstić information content (AvgIpc) is 2.44. The summed E-state index contributed by atoms with van der Waals surface area (Å²) in [6.45, 7) is 9.40. The van der Waals surface area contributed by atoms with E-state index in [-0.39, 0.29) is 0 Å². The third-order valence-electron chi connectivity index (χ3n) is 5.47. The van der Waals surface area contributed by atoms with Crippen LogP contribution in [0.2, 0.25) is 0 Å². The van der Waals surface area contributed by atoms with E-state index in [1.807, 2.05) is 0 Å². The first-order valence-electron chi connectivity index (χ1n) is 8.63. The van der Waals surface area contributed by atoms with Gasteiger partial charge in [-0.3, -0.25) is 0 Å². The first kappa shape index (κ1) is 16.5. The van der Waals surface area contributed by atoms with Gasteiger partial charge in [0.05, 0.1) is 0 Å². The van der Waals surface area contributed by atoms with Gasteiger partial charge in [-0.15, -0.1) is 0 Å². The van der Waals surface area contributed by atoms with Gasteiger partial charge in [0, 0.05) is 6.04 Å². The van der Waals surface area contributed by atoms with Gasteiger partial charge in [-0.25, -0.2) is 0 Å². The molecule has 1 unspecified atom stereocenters. The number of hydrogen-bond acceptors (Lipinski definition) is 1. The molecule has 1 aliphatic carbocycles. The van der Waals surface area contributed by atoms with E-state index in [1.165, 1.54) is 43.2 Å². The molecular weight excluding hydrogens is 254 g/mol. The van der Waals surface area contributed by atoms with E-state index in [4.69, 9.17) is 0 Å². The fraction of sp³-hybridized carbons (Fsp3) is 0.700. The monoisotopic (exact) mass is 287 g/mol. The molecule has 1 fully saturated rings. The second-order valence-electron chi connectivity index (χ2n) is 8.07. The number of benzene rings is 1. The summed E-state index contributed by atoms with van der Waals surface area (Å²) in [6.07, 6.45) is 6.75.